The average molecular weight is 703 g/mol. The van der Waals surface area contributed by atoms with Gasteiger partial charge in [-0.3, -0.25) is 9.59 Å². The fourth-order valence-electron chi connectivity index (χ4n) is 4.92. The number of hydrogen-bond donors (Lipinski definition) is 0. The van der Waals surface area contributed by atoms with Gasteiger partial charge in [0.1, 0.15) is 0 Å². The molecule has 0 saturated carbocycles. The first-order valence-electron chi connectivity index (χ1n) is 14.4. The average Bonchev–Trinajstić information content (AvgIpc) is 3.01. The van der Waals surface area contributed by atoms with Gasteiger partial charge in [-0.25, -0.2) is 0 Å². The van der Waals surface area contributed by atoms with Crippen LogP contribution in [0, 0.1) is 6.92 Å². The summed E-state index contributed by atoms with van der Waals surface area (Å²) >= 11 is 1.67. The van der Waals surface area contributed by atoms with E-state index in [9.17, 15) is 34.8 Å². The van der Waals surface area contributed by atoms with Crippen LogP contribution in [0.5, 0.6) is 0 Å². The molecule has 1 unspecified atom stereocenters. The SMILES string of the molecule is Cc1ccc([S+](c2ccc(C(=O)c3ccccc3)cc2)c2ccc3sc4ccc(C(C)C)cc4c(=O)c3c2)cc1.F[P-](F)(F)(F)(F)F. The minimum absolute atomic E-state index is 0.0122. The van der Waals surface area contributed by atoms with Gasteiger partial charge in [0.2, 0.25) is 0 Å². The summed E-state index contributed by atoms with van der Waals surface area (Å²) in [5.41, 5.74) is 3.81. The van der Waals surface area contributed by atoms with E-state index < -0.39 is 18.7 Å². The summed E-state index contributed by atoms with van der Waals surface area (Å²) in [6.07, 6.45) is 0. The topological polar surface area (TPSA) is 34.1 Å². The molecular formula is C36H29F6O2PS2. The van der Waals surface area contributed by atoms with E-state index in [-0.39, 0.29) is 11.2 Å². The number of benzene rings is 5. The maximum absolute atomic E-state index is 13.8. The summed E-state index contributed by atoms with van der Waals surface area (Å²) in [5, 5.41) is 1.55. The van der Waals surface area contributed by atoms with Gasteiger partial charge in [0.25, 0.3) is 0 Å². The first-order valence-corrected chi connectivity index (χ1v) is 18.5. The molecule has 244 valence electrons. The third-order valence-corrected chi connectivity index (χ3v) is 10.6. The van der Waals surface area contributed by atoms with Crippen LogP contribution in [0.25, 0.3) is 20.2 Å². The summed E-state index contributed by atoms with van der Waals surface area (Å²) in [6, 6.07) is 38.5. The van der Waals surface area contributed by atoms with Crippen LogP contribution >= 0.6 is 19.1 Å². The van der Waals surface area contributed by atoms with E-state index in [1.54, 1.807) is 11.3 Å². The first kappa shape index (κ1) is 34.4. The van der Waals surface area contributed by atoms with Crippen molar-refractivity contribution < 1.29 is 30.0 Å². The van der Waals surface area contributed by atoms with Crippen LogP contribution in [-0.4, -0.2) is 5.78 Å². The van der Waals surface area contributed by atoms with Gasteiger partial charge in [0.05, 0.1) is 10.9 Å². The normalized spacial score (nSPS) is 13.8. The second-order valence-corrected chi connectivity index (χ2v) is 16.3. The maximum atomic E-state index is 13.8. The second-order valence-electron chi connectivity index (χ2n) is 11.3. The monoisotopic (exact) mass is 702 g/mol. The molecule has 0 bridgehead atoms. The number of rotatable bonds is 6. The molecule has 0 radical (unpaired) electrons. The summed E-state index contributed by atoms with van der Waals surface area (Å²) < 4.78 is 61.2. The summed E-state index contributed by atoms with van der Waals surface area (Å²) in [5.74, 6) is 0.373. The Bertz CT molecular complexity index is 2140. The third kappa shape index (κ3) is 9.10. The van der Waals surface area contributed by atoms with Crippen molar-refractivity contribution in [2.24, 2.45) is 0 Å². The predicted octanol–water partition coefficient (Wildman–Crippen LogP) is 12.6. The Morgan fingerprint density at radius 1 is 0.638 bits per heavy atom. The van der Waals surface area contributed by atoms with Crippen molar-refractivity contribution >= 4 is 56.0 Å². The van der Waals surface area contributed by atoms with Crippen LogP contribution in [0.15, 0.2) is 135 Å². The van der Waals surface area contributed by atoms with Gasteiger partial charge in [-0.05, 0) is 79.1 Å². The van der Waals surface area contributed by atoms with Crippen molar-refractivity contribution in [2.45, 2.75) is 41.4 Å². The molecule has 6 aromatic rings. The molecule has 0 N–H and O–H groups in total. The number of carbonyl (C=O) groups excluding carboxylic acids is 1. The molecule has 0 aliphatic carbocycles. The molecular weight excluding hydrogens is 673 g/mol. The van der Waals surface area contributed by atoms with Crippen molar-refractivity contribution in [1.29, 1.82) is 0 Å². The number of carbonyl (C=O) groups is 1. The summed E-state index contributed by atoms with van der Waals surface area (Å²) in [4.78, 5) is 30.2. The third-order valence-electron chi connectivity index (χ3n) is 7.21. The van der Waals surface area contributed by atoms with E-state index in [1.807, 2.05) is 42.5 Å². The van der Waals surface area contributed by atoms with Gasteiger partial charge in [-0.15, -0.1) is 11.3 Å². The molecule has 0 aliphatic heterocycles. The molecule has 0 aliphatic rings. The Kier molecular flexibility index (Phi) is 8.94. The van der Waals surface area contributed by atoms with Crippen LogP contribution in [0.3, 0.4) is 0 Å². The molecule has 1 aromatic heterocycles. The van der Waals surface area contributed by atoms with Crippen molar-refractivity contribution in [1.82, 2.24) is 0 Å². The predicted molar refractivity (Wildman–Crippen MR) is 183 cm³/mol. The Balaban J connectivity index is 0.000000559. The van der Waals surface area contributed by atoms with Gasteiger partial charge in [-0.1, -0.05) is 67.9 Å². The fourth-order valence-corrected chi connectivity index (χ4v) is 8.03. The molecule has 5 aromatic carbocycles. The molecule has 1 atom stereocenters. The zero-order chi connectivity index (χ0) is 34.2. The van der Waals surface area contributed by atoms with Crippen molar-refractivity contribution in [2.75, 3.05) is 0 Å². The van der Waals surface area contributed by atoms with Gasteiger partial charge < -0.3 is 0 Å². The van der Waals surface area contributed by atoms with E-state index in [0.29, 0.717) is 17.0 Å². The van der Waals surface area contributed by atoms with E-state index in [1.165, 1.54) is 16.0 Å². The summed E-state index contributed by atoms with van der Waals surface area (Å²) in [7, 11) is -11.1. The zero-order valence-electron chi connectivity index (χ0n) is 25.4. The zero-order valence-corrected chi connectivity index (χ0v) is 27.9. The molecule has 0 spiro atoms. The van der Waals surface area contributed by atoms with Crippen molar-refractivity contribution in [3.63, 3.8) is 0 Å². The van der Waals surface area contributed by atoms with Crippen LogP contribution < -0.4 is 5.43 Å². The van der Waals surface area contributed by atoms with Gasteiger partial charge in [0, 0.05) is 37.4 Å². The molecule has 0 saturated heterocycles. The number of fused-ring (bicyclic) bond motifs is 2. The van der Waals surface area contributed by atoms with E-state index >= 15 is 0 Å². The first-order chi connectivity index (χ1) is 21.8. The number of hydrogen-bond acceptors (Lipinski definition) is 3. The van der Waals surface area contributed by atoms with Crippen molar-refractivity contribution in [3.05, 3.63) is 148 Å². The number of halogens is 6. The summed E-state index contributed by atoms with van der Waals surface area (Å²) in [6.45, 7) is 6.39. The van der Waals surface area contributed by atoms with Crippen LogP contribution in [0.2, 0.25) is 0 Å². The Morgan fingerprint density at radius 2 is 1.11 bits per heavy atom. The van der Waals surface area contributed by atoms with Crippen LogP contribution in [0.1, 0.15) is 46.8 Å². The molecule has 11 heteroatoms. The fraction of sp³-hybridized carbons (Fsp3) is 0.111. The minimum atomic E-state index is -10.7. The molecule has 0 amide bonds. The molecule has 6 rings (SSSR count). The van der Waals surface area contributed by atoms with Gasteiger partial charge in [-0.2, -0.15) is 0 Å². The molecule has 47 heavy (non-hydrogen) atoms. The second kappa shape index (κ2) is 12.2. The number of aryl methyl sites for hydroxylation is 1. The van der Waals surface area contributed by atoms with Crippen LogP contribution in [-0.2, 0) is 10.9 Å². The molecule has 1 heterocycles. The van der Waals surface area contributed by atoms with E-state index in [4.69, 9.17) is 0 Å². The number of ketones is 1. The Morgan fingerprint density at radius 3 is 1.66 bits per heavy atom. The van der Waals surface area contributed by atoms with Crippen molar-refractivity contribution in [3.8, 4) is 0 Å². The molecule has 0 fully saturated rings. The van der Waals surface area contributed by atoms with Crippen LogP contribution in [0.4, 0.5) is 25.2 Å². The van der Waals surface area contributed by atoms with E-state index in [0.717, 1.165) is 30.0 Å². The van der Waals surface area contributed by atoms with Gasteiger partial charge in [0.15, 0.2) is 25.9 Å². The Labute approximate surface area is 274 Å². The Hall–Kier alpha value is -3.98. The standard InChI is InChI=1S/C36H29O2S2.F6P/c1-23(2)27-13-19-33-31(21-27)36(38)32-22-30(18-20-34(32)39-33)40(28-14-9-24(3)10-15-28)29-16-11-26(12-17-29)35(37)25-7-5-4-6-8-25;1-7(2,3,4,5)6/h4-23H,1-3H3;/q+1;-1. The quantitative estimate of drug-likeness (QED) is 0.0569. The van der Waals surface area contributed by atoms with Gasteiger partial charge >= 0.3 is 33.0 Å². The molecule has 2 nitrogen and oxygen atoms in total. The van der Waals surface area contributed by atoms with E-state index in [2.05, 4.69) is 93.6 Å².